The van der Waals surface area contributed by atoms with E-state index >= 15 is 0 Å². The number of hydrogen-bond donors (Lipinski definition) is 1. The van der Waals surface area contributed by atoms with E-state index in [9.17, 15) is 0 Å². The molecule has 1 unspecified atom stereocenters. The first-order valence-corrected chi connectivity index (χ1v) is 12.7. The van der Waals surface area contributed by atoms with Gasteiger partial charge in [-0.1, -0.05) is 47.5 Å². The van der Waals surface area contributed by atoms with Crippen LogP contribution in [0.5, 0.6) is 0 Å². The number of nitrogens with one attached hydrogen (secondary N) is 1. The first-order chi connectivity index (χ1) is 9.04. The molecule has 1 rings (SSSR count). The predicted octanol–water partition coefficient (Wildman–Crippen LogP) is 5.14. The first-order valence-electron chi connectivity index (χ1n) is 6.82. The molecule has 2 nitrogen and oxygen atoms in total. The zero-order valence-electron chi connectivity index (χ0n) is 16.2. The summed E-state index contributed by atoms with van der Waals surface area (Å²) >= 11 is 1.58. The SMILES string of the molecule is CC(C)(C)[NH-].CC1=[C-]C(C)C(C)=C1C.Cl.Cl.[CH2-]CCO.[CH3-].[SiH2]=[Zr]. The van der Waals surface area contributed by atoms with Crippen molar-refractivity contribution in [3.8, 4) is 0 Å². The van der Waals surface area contributed by atoms with Gasteiger partial charge in [0.15, 0.2) is 0 Å². The fourth-order valence-electron chi connectivity index (χ4n) is 1.16. The van der Waals surface area contributed by atoms with Crippen LogP contribution in [0.3, 0.4) is 0 Å². The van der Waals surface area contributed by atoms with Gasteiger partial charge in [0.1, 0.15) is 0 Å². The Kier molecular flexibility index (Phi) is 39.4. The van der Waals surface area contributed by atoms with Gasteiger partial charge in [-0.25, -0.2) is 5.57 Å². The summed E-state index contributed by atoms with van der Waals surface area (Å²) in [6, 6.07) is 0. The van der Waals surface area contributed by atoms with E-state index in [1.54, 1.807) is 23.3 Å². The standard InChI is InChI=1S/C9H13.C4H10N.C3H7O.CH3.2ClH.H2Si.Zr/c1-6-5-7(2)9(4)8(6)3;1-4(2,3)5;1-2-3-4;;;;;/h6H,1-4H3;5H,1-3H3;4H,1-3H2;1H3;2*1H;1H2;/q4*-1;;;;. The van der Waals surface area contributed by atoms with Gasteiger partial charge >= 0.3 is 30.2 Å². The van der Waals surface area contributed by atoms with E-state index < -0.39 is 0 Å². The molecule has 2 N–H and O–H groups in total. The Labute approximate surface area is 175 Å². The van der Waals surface area contributed by atoms with Crippen LogP contribution in [0.2, 0.25) is 0 Å². The Morgan fingerprint density at radius 3 is 1.52 bits per heavy atom. The average molecular weight is 462 g/mol. The van der Waals surface area contributed by atoms with Crippen LogP contribution >= 0.6 is 24.8 Å². The predicted molar refractivity (Wildman–Crippen MR) is 111 cm³/mol. The normalized spacial score (nSPS) is 14.7. The molecule has 142 valence electrons. The van der Waals surface area contributed by atoms with Crippen LogP contribution in [0.25, 0.3) is 5.73 Å². The molecule has 6 heteroatoms. The molecule has 0 bridgehead atoms. The summed E-state index contributed by atoms with van der Waals surface area (Å²) in [7, 11) is 0. The van der Waals surface area contributed by atoms with Crippen LogP contribution in [0.15, 0.2) is 16.7 Å². The van der Waals surface area contributed by atoms with Crippen molar-refractivity contribution in [2.24, 2.45) is 5.92 Å². The van der Waals surface area contributed by atoms with Crippen molar-refractivity contribution in [3.05, 3.63) is 42.9 Å². The van der Waals surface area contributed by atoms with E-state index in [0.717, 1.165) is 0 Å². The van der Waals surface area contributed by atoms with E-state index in [-0.39, 0.29) is 44.4 Å². The third-order valence-electron chi connectivity index (χ3n) is 2.39. The second-order valence-electron chi connectivity index (χ2n) is 5.63. The number of allylic oxidation sites excluding steroid dienone is 4. The van der Waals surface area contributed by atoms with Gasteiger partial charge in [-0.05, 0) is 0 Å². The quantitative estimate of drug-likeness (QED) is 0.427. The molecule has 0 aromatic carbocycles. The van der Waals surface area contributed by atoms with E-state index in [1.165, 1.54) is 16.7 Å². The summed E-state index contributed by atoms with van der Waals surface area (Å²) in [4.78, 5) is 0. The first kappa shape index (κ1) is 39.2. The van der Waals surface area contributed by atoms with Gasteiger partial charge in [0.25, 0.3) is 0 Å². The van der Waals surface area contributed by atoms with E-state index in [0.29, 0.717) is 12.3 Å². The molecule has 0 heterocycles. The van der Waals surface area contributed by atoms with E-state index in [2.05, 4.69) is 40.7 Å². The summed E-state index contributed by atoms with van der Waals surface area (Å²) in [6.45, 7) is 19.7. The molecule has 1 aliphatic rings. The minimum absolute atomic E-state index is 0. The summed E-state index contributed by atoms with van der Waals surface area (Å²) < 4.78 is 0. The number of aliphatic hydroxyl groups excluding tert-OH is 1. The number of aliphatic hydroxyl groups is 1. The molecule has 1 atom stereocenters. The van der Waals surface area contributed by atoms with Crippen LogP contribution in [0.4, 0.5) is 0 Å². The van der Waals surface area contributed by atoms with E-state index in [1.807, 2.05) is 27.7 Å². The fraction of sp³-hybridized carbons (Fsp3) is 0.647. The van der Waals surface area contributed by atoms with Crippen molar-refractivity contribution in [3.63, 3.8) is 0 Å². The molecule has 0 fully saturated rings. The third-order valence-corrected chi connectivity index (χ3v) is 2.39. The molecule has 0 radical (unpaired) electrons. The summed E-state index contributed by atoms with van der Waals surface area (Å²) in [6.07, 6.45) is 3.98. The molecule has 0 aliphatic heterocycles. The molecular weight excluding hydrogens is 424 g/mol. The molecular formula is C17H37Cl2NOSiZr-4. The molecule has 0 saturated heterocycles. The summed E-state index contributed by atoms with van der Waals surface area (Å²) in [5, 5.41) is 7.81. The minimum atomic E-state index is -0.250. The fourth-order valence-corrected chi connectivity index (χ4v) is 1.16. The molecule has 0 saturated carbocycles. The third kappa shape index (κ3) is 31.4. The van der Waals surface area contributed by atoms with Crippen LogP contribution in [-0.4, -0.2) is 24.1 Å². The monoisotopic (exact) mass is 459 g/mol. The zero-order valence-corrected chi connectivity index (χ0v) is 21.7. The average Bonchev–Trinajstić information content (AvgIpc) is 2.57. The van der Waals surface area contributed by atoms with Crippen LogP contribution in [-0.2, 0) is 23.3 Å². The molecule has 23 heavy (non-hydrogen) atoms. The molecule has 1 aliphatic carbocycles. The Balaban J connectivity index is -0.0000000455. The van der Waals surface area contributed by atoms with Gasteiger partial charge in [0.2, 0.25) is 0 Å². The topological polar surface area (TPSA) is 44.0 Å². The van der Waals surface area contributed by atoms with Crippen molar-refractivity contribution < 1.29 is 28.4 Å². The van der Waals surface area contributed by atoms with Crippen molar-refractivity contribution in [1.82, 2.24) is 0 Å². The second kappa shape index (κ2) is 23.1. The van der Waals surface area contributed by atoms with Gasteiger partial charge in [0, 0.05) is 6.61 Å². The van der Waals surface area contributed by atoms with Gasteiger partial charge in [0.05, 0.1) is 0 Å². The maximum absolute atomic E-state index is 7.81. The Morgan fingerprint density at radius 1 is 1.22 bits per heavy atom. The Bertz CT molecular complexity index is 308. The van der Waals surface area contributed by atoms with Crippen LogP contribution < -0.4 is 0 Å². The van der Waals surface area contributed by atoms with Crippen molar-refractivity contribution in [1.29, 1.82) is 0 Å². The Hall–Kier alpha value is 1.08. The van der Waals surface area contributed by atoms with Crippen molar-refractivity contribution in [2.45, 2.75) is 60.4 Å². The molecule has 0 spiro atoms. The second-order valence-corrected chi connectivity index (χ2v) is 5.63. The molecule has 0 amide bonds. The summed E-state index contributed by atoms with van der Waals surface area (Å²) in [5.41, 5.74) is 10.9. The molecule has 0 aromatic heterocycles. The molecule has 0 aromatic rings. The summed E-state index contributed by atoms with van der Waals surface area (Å²) in [5.74, 6) is 0.560. The van der Waals surface area contributed by atoms with Gasteiger partial charge < -0.3 is 25.2 Å². The zero-order chi connectivity index (χ0) is 16.9. The van der Waals surface area contributed by atoms with Crippen molar-refractivity contribution in [2.75, 3.05) is 6.61 Å². The van der Waals surface area contributed by atoms with Gasteiger partial charge in [-0.2, -0.15) is 17.6 Å². The number of hydrogen-bond acceptors (Lipinski definition) is 1. The van der Waals surface area contributed by atoms with Crippen molar-refractivity contribution >= 4 is 31.7 Å². The number of halogens is 2. The number of rotatable bonds is 1. The Morgan fingerprint density at radius 2 is 1.48 bits per heavy atom. The maximum atomic E-state index is 7.81. The van der Waals surface area contributed by atoms with Gasteiger partial charge in [-0.15, -0.1) is 37.3 Å². The van der Waals surface area contributed by atoms with Gasteiger partial charge in [-0.3, -0.25) is 6.08 Å². The van der Waals surface area contributed by atoms with E-state index in [4.69, 9.17) is 10.8 Å². The van der Waals surface area contributed by atoms with Crippen LogP contribution in [0, 0.1) is 26.3 Å². The van der Waals surface area contributed by atoms with Crippen LogP contribution in [0.1, 0.15) is 54.9 Å².